The fourth-order valence-electron chi connectivity index (χ4n) is 1.71. The van der Waals surface area contributed by atoms with E-state index in [2.05, 4.69) is 4.74 Å². The van der Waals surface area contributed by atoms with Crippen molar-refractivity contribution in [3.63, 3.8) is 0 Å². The first-order valence-electron chi connectivity index (χ1n) is 5.37. The Kier molecular flexibility index (Phi) is 3.14. The third-order valence-electron chi connectivity index (χ3n) is 3.05. The van der Waals surface area contributed by atoms with Gasteiger partial charge in [0.15, 0.2) is 23.2 Å². The molecular weight excluding hydrogens is 290 g/mol. The Morgan fingerprint density at radius 1 is 1.00 bits per heavy atom. The molecule has 0 aromatic heterocycles. The highest BCUT2D eigenvalue weighted by molar-refractivity contribution is 5.66. The molecule has 0 bridgehead atoms. The van der Waals surface area contributed by atoms with Crippen LogP contribution in [0.25, 0.3) is 5.76 Å². The Morgan fingerprint density at radius 3 is 1.95 bits per heavy atom. The average molecular weight is 298 g/mol. The normalized spacial score (nSPS) is 20.7. The second kappa shape index (κ2) is 4.32. The fraction of sp³-hybridized carbons (Fsp3) is 0.333. The molecule has 1 N–H and O–H groups in total. The first kappa shape index (κ1) is 14.5. The summed E-state index contributed by atoms with van der Waals surface area (Å²) in [5.41, 5.74) is -1.90. The van der Waals surface area contributed by atoms with Gasteiger partial charge < -0.3 is 9.84 Å². The molecule has 1 atom stereocenters. The molecule has 0 amide bonds. The Morgan fingerprint density at radius 2 is 1.50 bits per heavy atom. The van der Waals surface area contributed by atoms with E-state index in [1.54, 1.807) is 0 Å². The number of benzene rings is 1. The number of hydrogen-bond acceptors (Lipinski definition) is 2. The van der Waals surface area contributed by atoms with Crippen LogP contribution in [-0.4, -0.2) is 17.4 Å². The van der Waals surface area contributed by atoms with Gasteiger partial charge >= 0.3 is 6.18 Å². The van der Waals surface area contributed by atoms with E-state index < -0.39 is 46.8 Å². The van der Waals surface area contributed by atoms with Crippen molar-refractivity contribution >= 4 is 5.76 Å². The van der Waals surface area contributed by atoms with Crippen LogP contribution < -0.4 is 0 Å². The Balaban J connectivity index is 2.59. The third kappa shape index (κ3) is 2.08. The van der Waals surface area contributed by atoms with E-state index in [1.807, 2.05) is 0 Å². The first-order chi connectivity index (χ1) is 9.07. The number of alkyl halides is 3. The van der Waals surface area contributed by atoms with Crippen molar-refractivity contribution in [1.82, 2.24) is 0 Å². The molecule has 2 nitrogen and oxygen atoms in total. The molecule has 1 heterocycles. The van der Waals surface area contributed by atoms with Gasteiger partial charge in [-0.15, -0.1) is 0 Å². The summed E-state index contributed by atoms with van der Waals surface area (Å²) < 4.78 is 81.8. The summed E-state index contributed by atoms with van der Waals surface area (Å²) in [6.07, 6.45) is -7.24. The summed E-state index contributed by atoms with van der Waals surface area (Å²) in [7, 11) is 0. The fourth-order valence-corrected chi connectivity index (χ4v) is 1.71. The van der Waals surface area contributed by atoms with Crippen molar-refractivity contribution in [3.05, 3.63) is 39.9 Å². The largest absolute Gasteiger partial charge is 0.504 e. The van der Waals surface area contributed by atoms with Crippen molar-refractivity contribution < 1.29 is 36.2 Å². The smallest absolute Gasteiger partial charge is 0.432 e. The van der Waals surface area contributed by atoms with Gasteiger partial charge in [0.05, 0.1) is 5.56 Å². The maximum Gasteiger partial charge on any atom is 0.432 e. The van der Waals surface area contributed by atoms with Crippen molar-refractivity contribution in [2.45, 2.75) is 26.1 Å². The summed E-state index contributed by atoms with van der Waals surface area (Å²) >= 11 is 0. The number of epoxide rings is 1. The molecule has 0 aliphatic carbocycles. The van der Waals surface area contributed by atoms with Gasteiger partial charge in [-0.3, -0.25) is 0 Å². The predicted molar refractivity (Wildman–Crippen MR) is 56.3 cm³/mol. The maximum atomic E-state index is 13.8. The lowest BCUT2D eigenvalue weighted by Gasteiger charge is -2.10. The van der Waals surface area contributed by atoms with Gasteiger partial charge in [-0.2, -0.15) is 13.2 Å². The van der Waals surface area contributed by atoms with E-state index >= 15 is 0 Å². The lowest BCUT2D eigenvalue weighted by Crippen LogP contribution is -2.16. The van der Waals surface area contributed by atoms with Gasteiger partial charge in [0, 0.05) is 0 Å². The van der Waals surface area contributed by atoms with Gasteiger partial charge in [-0.1, -0.05) is 0 Å². The van der Waals surface area contributed by atoms with Gasteiger partial charge in [0.25, 0.3) is 6.10 Å². The van der Waals surface area contributed by atoms with E-state index in [0.29, 0.717) is 0 Å². The summed E-state index contributed by atoms with van der Waals surface area (Å²) in [4.78, 5) is 0. The SMILES string of the molecule is Cc1c(C)c(F)c(/C(O)=C2\OC2C(F)(F)F)c(F)c1F. The van der Waals surface area contributed by atoms with Crippen molar-refractivity contribution in [2.75, 3.05) is 0 Å². The molecule has 110 valence electrons. The molecule has 1 aromatic rings. The summed E-state index contributed by atoms with van der Waals surface area (Å²) in [6.45, 7) is 2.22. The molecule has 0 saturated carbocycles. The molecular formula is C12H8F6O2. The van der Waals surface area contributed by atoms with Gasteiger partial charge in [-0.25, -0.2) is 13.2 Å². The lowest BCUT2D eigenvalue weighted by atomic mass is 10.0. The second-order valence-electron chi connectivity index (χ2n) is 4.32. The van der Waals surface area contributed by atoms with Crippen LogP contribution in [0.5, 0.6) is 0 Å². The van der Waals surface area contributed by atoms with Crippen LogP contribution in [0.4, 0.5) is 26.3 Å². The van der Waals surface area contributed by atoms with Crippen LogP contribution in [0.15, 0.2) is 5.76 Å². The number of rotatable bonds is 1. The molecule has 8 heteroatoms. The minimum atomic E-state index is -4.81. The minimum Gasteiger partial charge on any atom is -0.504 e. The number of hydrogen-bond donors (Lipinski definition) is 1. The first-order valence-corrected chi connectivity index (χ1v) is 5.37. The van der Waals surface area contributed by atoms with Crippen LogP contribution in [0.1, 0.15) is 16.7 Å². The van der Waals surface area contributed by atoms with E-state index in [1.165, 1.54) is 0 Å². The molecule has 1 fully saturated rings. The van der Waals surface area contributed by atoms with Gasteiger partial charge in [0.2, 0.25) is 0 Å². The van der Waals surface area contributed by atoms with Crippen LogP contribution >= 0.6 is 0 Å². The van der Waals surface area contributed by atoms with Crippen LogP contribution in [0, 0.1) is 31.3 Å². The lowest BCUT2D eigenvalue weighted by molar-refractivity contribution is -0.145. The van der Waals surface area contributed by atoms with Crippen molar-refractivity contribution in [2.24, 2.45) is 0 Å². The Labute approximate surface area is 109 Å². The summed E-state index contributed by atoms with van der Waals surface area (Å²) in [6, 6.07) is 0. The Bertz CT molecular complexity index is 588. The van der Waals surface area contributed by atoms with Crippen LogP contribution in [-0.2, 0) is 4.74 Å². The molecule has 1 aliphatic rings. The molecule has 1 unspecified atom stereocenters. The Hall–Kier alpha value is -1.86. The number of halogens is 6. The highest BCUT2D eigenvalue weighted by Gasteiger charge is 2.58. The minimum absolute atomic E-state index is 0.310. The standard InChI is InChI=1S/C12H8F6O2/c1-3-4(2)7(14)8(15)5(6(3)13)9(19)10-11(20-10)12(16,17)18/h11,19H,1-2H3/b10-9+. The number of ether oxygens (including phenoxy) is 1. The van der Waals surface area contributed by atoms with Crippen LogP contribution in [0.2, 0.25) is 0 Å². The molecule has 1 aromatic carbocycles. The van der Waals surface area contributed by atoms with E-state index in [-0.39, 0.29) is 11.1 Å². The van der Waals surface area contributed by atoms with Crippen molar-refractivity contribution in [1.29, 1.82) is 0 Å². The molecule has 20 heavy (non-hydrogen) atoms. The zero-order valence-electron chi connectivity index (χ0n) is 10.2. The van der Waals surface area contributed by atoms with Crippen LogP contribution in [0.3, 0.4) is 0 Å². The molecule has 1 aliphatic heterocycles. The quantitative estimate of drug-likeness (QED) is 0.369. The maximum absolute atomic E-state index is 13.8. The van der Waals surface area contributed by atoms with E-state index in [4.69, 9.17) is 0 Å². The number of aliphatic hydroxyl groups is 1. The molecule has 0 radical (unpaired) electrons. The second-order valence-corrected chi connectivity index (χ2v) is 4.32. The van der Waals surface area contributed by atoms with E-state index in [9.17, 15) is 31.4 Å². The van der Waals surface area contributed by atoms with Gasteiger partial charge in [-0.05, 0) is 25.0 Å². The summed E-state index contributed by atoms with van der Waals surface area (Å²) in [5, 5.41) is 9.50. The third-order valence-corrected chi connectivity index (χ3v) is 3.05. The zero-order valence-corrected chi connectivity index (χ0v) is 10.2. The van der Waals surface area contributed by atoms with Gasteiger partial charge in [0.1, 0.15) is 5.82 Å². The highest BCUT2D eigenvalue weighted by Crippen LogP contribution is 2.45. The number of aliphatic hydroxyl groups excluding tert-OH is 1. The predicted octanol–water partition coefficient (Wildman–Crippen LogP) is 3.91. The molecule has 1 saturated heterocycles. The average Bonchev–Trinajstić information content (AvgIpc) is 3.14. The molecule has 2 rings (SSSR count). The highest BCUT2D eigenvalue weighted by atomic mass is 19.4. The summed E-state index contributed by atoms with van der Waals surface area (Å²) in [5.74, 6) is -6.94. The topological polar surface area (TPSA) is 32.8 Å². The monoisotopic (exact) mass is 298 g/mol. The molecule has 0 spiro atoms. The van der Waals surface area contributed by atoms with Crippen molar-refractivity contribution in [3.8, 4) is 0 Å². The van der Waals surface area contributed by atoms with E-state index in [0.717, 1.165) is 13.8 Å². The zero-order chi connectivity index (χ0) is 15.4.